The highest BCUT2D eigenvalue weighted by Gasteiger charge is 1.93. The molecule has 0 saturated carbocycles. The molecule has 0 fully saturated rings. The average molecular weight is 297 g/mol. The molecule has 0 aliphatic rings. The van der Waals surface area contributed by atoms with E-state index in [0.717, 1.165) is 11.3 Å². The molecule has 0 atom stereocenters. The minimum Gasteiger partial charge on any atom is -0.378 e. The normalized spacial score (nSPS) is 9.45. The number of H-pyrrole nitrogens is 1. The molecular weight excluding hydrogens is 277 g/mol. The highest BCUT2D eigenvalue weighted by molar-refractivity contribution is 5.50. The Labute approximate surface area is 131 Å². The topological polar surface area (TPSA) is 31.9 Å². The van der Waals surface area contributed by atoms with Crippen molar-refractivity contribution in [2.75, 3.05) is 19.0 Å². The maximum Gasteiger partial charge on any atom is 0.214 e. The molecule has 1 N–H and O–H groups in total. The summed E-state index contributed by atoms with van der Waals surface area (Å²) in [5.41, 5.74) is 2.70. The van der Waals surface area contributed by atoms with Gasteiger partial charge in [0.1, 0.15) is 5.82 Å². The second-order valence-electron chi connectivity index (χ2n) is 4.97. The molecule has 0 amide bonds. The van der Waals surface area contributed by atoms with E-state index < -0.39 is 5.95 Å². The summed E-state index contributed by atoms with van der Waals surface area (Å²) in [6.45, 7) is 1.69. The first-order valence-electron chi connectivity index (χ1n) is 6.90. The molecule has 0 aliphatic heterocycles. The Bertz CT molecular complexity index is 754. The number of hydrogen-bond donors (Lipinski definition) is 1. The maximum absolute atomic E-state index is 13.3. The van der Waals surface area contributed by atoms with E-state index in [1.165, 1.54) is 6.07 Å². The highest BCUT2D eigenvalue weighted by atomic mass is 19.1. The number of nitrogens with one attached hydrogen (secondary N) is 1. The summed E-state index contributed by atoms with van der Waals surface area (Å²) >= 11 is 0. The van der Waals surface area contributed by atoms with Crippen molar-refractivity contribution in [3.63, 3.8) is 0 Å². The molecule has 0 saturated heterocycles. The van der Waals surface area contributed by atoms with Crippen molar-refractivity contribution >= 4 is 5.69 Å². The van der Waals surface area contributed by atoms with Crippen molar-refractivity contribution in [2.24, 2.45) is 0 Å². The minimum absolute atomic E-state index is 0. The number of nitrogens with zero attached hydrogens (tertiary/aromatic N) is 2. The van der Waals surface area contributed by atoms with Crippen LogP contribution in [0.1, 0.15) is 18.5 Å². The number of halogens is 1. The van der Waals surface area contributed by atoms with Gasteiger partial charge in [-0.25, -0.2) is 4.98 Å². The van der Waals surface area contributed by atoms with Gasteiger partial charge in [0.2, 0.25) is 5.95 Å². The van der Waals surface area contributed by atoms with E-state index in [9.17, 15) is 4.39 Å². The first-order chi connectivity index (χ1) is 10.5. The largest absolute Gasteiger partial charge is 0.378 e. The van der Waals surface area contributed by atoms with E-state index >= 15 is 0 Å². The van der Waals surface area contributed by atoms with E-state index in [2.05, 4.69) is 21.8 Å². The molecular formula is C18H20FN3. The smallest absolute Gasteiger partial charge is 0.214 e. The summed E-state index contributed by atoms with van der Waals surface area (Å²) < 4.78 is 13.3. The molecule has 22 heavy (non-hydrogen) atoms. The maximum atomic E-state index is 13.3. The lowest BCUT2D eigenvalue weighted by molar-refractivity contribution is 0.580. The number of aromatic nitrogens is 2. The van der Waals surface area contributed by atoms with Gasteiger partial charge in [-0.1, -0.05) is 18.1 Å². The van der Waals surface area contributed by atoms with Crippen LogP contribution in [-0.2, 0) is 0 Å². The summed E-state index contributed by atoms with van der Waals surface area (Å²) in [6.07, 6.45) is 0. The van der Waals surface area contributed by atoms with E-state index in [4.69, 9.17) is 0 Å². The van der Waals surface area contributed by atoms with Gasteiger partial charge in [0.05, 0.1) is 5.69 Å². The van der Waals surface area contributed by atoms with Crippen LogP contribution in [0, 0.1) is 24.7 Å². The quantitative estimate of drug-likeness (QED) is 0.814. The molecule has 0 unspecified atom stereocenters. The van der Waals surface area contributed by atoms with Crippen LogP contribution in [-0.4, -0.2) is 24.1 Å². The van der Waals surface area contributed by atoms with Crippen LogP contribution in [0.3, 0.4) is 0 Å². The van der Waals surface area contributed by atoms with Crippen molar-refractivity contribution in [3.05, 3.63) is 71.6 Å². The standard InChI is InChI=1S/C18H18FN3.H2/c1-14-20-16(6-4-5-7-18(19)21-14)11-8-15-9-12-17(13-10-15)22(2)3;/h4-7,9-10,12-13H,1-3H3,(H,20,21);1H. The number of hydrogen-bond acceptors (Lipinski definition) is 2. The molecule has 1 heterocycles. The summed E-state index contributed by atoms with van der Waals surface area (Å²) in [6, 6.07) is 14.4. The predicted molar refractivity (Wildman–Crippen MR) is 89.8 cm³/mol. The number of aryl methyl sites for hydroxylation is 1. The minimum atomic E-state index is -0.539. The zero-order chi connectivity index (χ0) is 15.9. The monoisotopic (exact) mass is 297 g/mol. The third-order valence-corrected chi connectivity index (χ3v) is 2.92. The molecule has 1 aromatic carbocycles. The number of rotatable bonds is 1. The van der Waals surface area contributed by atoms with Crippen molar-refractivity contribution in [3.8, 4) is 11.8 Å². The summed E-state index contributed by atoms with van der Waals surface area (Å²) in [5.74, 6) is 6.04. The van der Waals surface area contributed by atoms with Crippen LogP contribution in [0.15, 0.2) is 48.5 Å². The third kappa shape index (κ3) is 4.64. The first kappa shape index (κ1) is 15.6. The average Bonchev–Trinajstić information content (AvgIpc) is 2.56. The van der Waals surface area contributed by atoms with Crippen molar-refractivity contribution < 1.29 is 5.82 Å². The van der Waals surface area contributed by atoms with Gasteiger partial charge in [0, 0.05) is 26.8 Å². The predicted octanol–water partition coefficient (Wildman–Crippen LogP) is 3.69. The summed E-state index contributed by atoms with van der Waals surface area (Å²) in [5, 5.41) is 0. The Morgan fingerprint density at radius 1 is 1.05 bits per heavy atom. The van der Waals surface area contributed by atoms with Gasteiger partial charge in [0.15, 0.2) is 0 Å². The lowest BCUT2D eigenvalue weighted by atomic mass is 10.2. The van der Waals surface area contributed by atoms with Gasteiger partial charge in [-0.3, -0.25) is 0 Å². The van der Waals surface area contributed by atoms with E-state index in [0.29, 0.717) is 11.5 Å². The van der Waals surface area contributed by atoms with Crippen LogP contribution in [0.25, 0.3) is 0 Å². The van der Waals surface area contributed by atoms with Crippen LogP contribution >= 0.6 is 0 Å². The molecule has 2 aromatic rings. The van der Waals surface area contributed by atoms with Crippen LogP contribution in [0.5, 0.6) is 0 Å². The molecule has 0 spiro atoms. The number of anilines is 1. The first-order valence-corrected chi connectivity index (χ1v) is 6.90. The molecule has 3 nitrogen and oxygen atoms in total. The van der Waals surface area contributed by atoms with Gasteiger partial charge in [0.25, 0.3) is 0 Å². The van der Waals surface area contributed by atoms with Crippen molar-refractivity contribution in [1.29, 1.82) is 0 Å². The van der Waals surface area contributed by atoms with Crippen LogP contribution in [0.2, 0.25) is 0 Å². The summed E-state index contributed by atoms with van der Waals surface area (Å²) in [4.78, 5) is 8.79. The highest BCUT2D eigenvalue weighted by Crippen LogP contribution is 2.11. The molecule has 114 valence electrons. The zero-order valence-corrected chi connectivity index (χ0v) is 12.9. The van der Waals surface area contributed by atoms with E-state index in [-0.39, 0.29) is 1.43 Å². The Hall–Kier alpha value is -2.80. The number of benzene rings is 1. The Morgan fingerprint density at radius 3 is 2.41 bits per heavy atom. The third-order valence-electron chi connectivity index (χ3n) is 2.92. The van der Waals surface area contributed by atoms with Gasteiger partial charge in [-0.2, -0.15) is 4.39 Å². The van der Waals surface area contributed by atoms with Crippen LogP contribution in [0.4, 0.5) is 10.1 Å². The van der Waals surface area contributed by atoms with Crippen molar-refractivity contribution in [1.82, 2.24) is 9.97 Å². The molecule has 1 aromatic heterocycles. The Balaban J connectivity index is 0.00000264. The Morgan fingerprint density at radius 2 is 1.73 bits per heavy atom. The molecule has 0 radical (unpaired) electrons. The lowest BCUT2D eigenvalue weighted by Gasteiger charge is -2.11. The molecule has 0 aliphatic carbocycles. The van der Waals surface area contributed by atoms with E-state index in [1.54, 1.807) is 25.1 Å². The fourth-order valence-electron chi connectivity index (χ4n) is 1.80. The van der Waals surface area contributed by atoms with Gasteiger partial charge >= 0.3 is 0 Å². The van der Waals surface area contributed by atoms with Crippen LogP contribution < -0.4 is 4.90 Å². The van der Waals surface area contributed by atoms with Gasteiger partial charge in [-0.05, 0) is 49.2 Å². The van der Waals surface area contributed by atoms with Gasteiger partial charge < -0.3 is 9.88 Å². The molecule has 4 heteroatoms. The zero-order valence-electron chi connectivity index (χ0n) is 12.9. The molecule has 2 rings (SSSR count). The SMILES string of the molecule is Cc1nc(F)ccccc(C#Cc2ccc(N(C)C)cc2)[nH]1.[HH]. The fourth-order valence-corrected chi connectivity index (χ4v) is 1.80. The lowest BCUT2D eigenvalue weighted by Crippen LogP contribution is -2.07. The number of aromatic amines is 1. The summed E-state index contributed by atoms with van der Waals surface area (Å²) in [7, 11) is 3.99. The van der Waals surface area contributed by atoms with E-state index in [1.807, 2.05) is 43.3 Å². The second-order valence-corrected chi connectivity index (χ2v) is 4.97. The van der Waals surface area contributed by atoms with Gasteiger partial charge in [-0.15, -0.1) is 0 Å². The van der Waals surface area contributed by atoms with Crippen molar-refractivity contribution in [2.45, 2.75) is 6.92 Å². The molecule has 0 bridgehead atoms. The fraction of sp³-hybridized carbons (Fsp3) is 0.167. The second kappa shape index (κ2) is 7.28. The Kier molecular flexibility index (Phi) is 5.16.